The second-order valence-corrected chi connectivity index (χ2v) is 7.66. The zero-order chi connectivity index (χ0) is 22.5. The topological polar surface area (TPSA) is 103 Å². The lowest BCUT2D eigenvalue weighted by Crippen LogP contribution is -2.37. The van der Waals surface area contributed by atoms with E-state index >= 15 is 0 Å². The molecular formula is C23H25N5O4. The number of nitro benzene ring substituents is 1. The van der Waals surface area contributed by atoms with Crippen LogP contribution in [0.5, 0.6) is 5.75 Å². The molecule has 4 rings (SSSR count). The first-order valence-electron chi connectivity index (χ1n) is 10.5. The van der Waals surface area contributed by atoms with Gasteiger partial charge in [0.15, 0.2) is 0 Å². The van der Waals surface area contributed by atoms with Gasteiger partial charge in [0.25, 0.3) is 11.6 Å². The Bertz CT molecular complexity index is 1090. The van der Waals surface area contributed by atoms with E-state index in [-0.39, 0.29) is 17.6 Å². The molecule has 32 heavy (non-hydrogen) atoms. The minimum Gasteiger partial charge on any atom is -0.496 e. The minimum absolute atomic E-state index is 0.00293. The standard InChI is InChI=1S/C23H25N5O4/c1-32-22-7-3-2-6-20(22)21(26-12-4-5-13-26)15-24-23(29)17-14-25-27(16-17)18-8-10-19(11-9-18)28(30)31/h2-3,6-11,14,16,21H,4-5,12-13,15H2,1H3,(H,24,29). The van der Waals surface area contributed by atoms with Crippen molar-refractivity contribution in [2.75, 3.05) is 26.7 Å². The van der Waals surface area contributed by atoms with Crippen molar-refractivity contribution in [3.8, 4) is 11.4 Å². The number of nitro groups is 1. The normalized spacial score (nSPS) is 14.8. The molecule has 0 spiro atoms. The van der Waals surface area contributed by atoms with Crippen LogP contribution < -0.4 is 10.1 Å². The van der Waals surface area contributed by atoms with Crippen molar-refractivity contribution in [3.05, 3.63) is 82.2 Å². The third kappa shape index (κ3) is 4.62. The molecule has 1 N–H and O–H groups in total. The summed E-state index contributed by atoms with van der Waals surface area (Å²) >= 11 is 0. The van der Waals surface area contributed by atoms with Crippen LogP contribution in [0.15, 0.2) is 60.9 Å². The van der Waals surface area contributed by atoms with Crippen LogP contribution in [0.4, 0.5) is 5.69 Å². The highest BCUT2D eigenvalue weighted by Crippen LogP contribution is 2.31. The molecule has 1 saturated heterocycles. The van der Waals surface area contributed by atoms with Crippen LogP contribution in [-0.4, -0.2) is 52.3 Å². The molecule has 1 atom stereocenters. The molecule has 0 radical (unpaired) electrons. The third-order valence-corrected chi connectivity index (χ3v) is 5.71. The molecule has 0 aliphatic carbocycles. The second kappa shape index (κ2) is 9.61. The van der Waals surface area contributed by atoms with Gasteiger partial charge in [0.2, 0.25) is 0 Å². The number of aromatic nitrogens is 2. The Morgan fingerprint density at radius 2 is 1.91 bits per heavy atom. The van der Waals surface area contributed by atoms with Crippen LogP contribution in [0.1, 0.15) is 34.8 Å². The van der Waals surface area contributed by atoms with Gasteiger partial charge in [-0.3, -0.25) is 19.8 Å². The smallest absolute Gasteiger partial charge is 0.269 e. The van der Waals surface area contributed by atoms with Gasteiger partial charge in [-0.15, -0.1) is 0 Å². The van der Waals surface area contributed by atoms with Gasteiger partial charge in [-0.25, -0.2) is 4.68 Å². The van der Waals surface area contributed by atoms with Crippen LogP contribution in [0.25, 0.3) is 5.69 Å². The first-order valence-corrected chi connectivity index (χ1v) is 10.5. The van der Waals surface area contributed by atoms with Crippen molar-refractivity contribution in [1.82, 2.24) is 20.0 Å². The van der Waals surface area contributed by atoms with Gasteiger partial charge in [-0.2, -0.15) is 5.10 Å². The summed E-state index contributed by atoms with van der Waals surface area (Å²) in [6, 6.07) is 13.9. The summed E-state index contributed by atoms with van der Waals surface area (Å²) in [6.07, 6.45) is 5.39. The first kappa shape index (κ1) is 21.5. The fourth-order valence-corrected chi connectivity index (χ4v) is 4.03. The van der Waals surface area contributed by atoms with Crippen LogP contribution in [-0.2, 0) is 0 Å². The number of nitrogens with zero attached hydrogens (tertiary/aromatic N) is 4. The van der Waals surface area contributed by atoms with E-state index in [0.717, 1.165) is 37.2 Å². The number of carbonyl (C=O) groups is 1. The number of carbonyl (C=O) groups excluding carboxylic acids is 1. The number of benzene rings is 2. The maximum Gasteiger partial charge on any atom is 0.269 e. The average Bonchev–Trinajstić information content (AvgIpc) is 3.52. The molecule has 1 aliphatic rings. The van der Waals surface area contributed by atoms with E-state index in [1.807, 2.05) is 24.3 Å². The van der Waals surface area contributed by atoms with E-state index in [1.165, 1.54) is 23.0 Å². The molecule has 2 heterocycles. The molecular weight excluding hydrogens is 410 g/mol. The fraction of sp³-hybridized carbons (Fsp3) is 0.304. The number of rotatable bonds is 8. The number of non-ortho nitro benzene ring substituents is 1. The Morgan fingerprint density at radius 1 is 1.19 bits per heavy atom. The number of hydrogen-bond acceptors (Lipinski definition) is 6. The molecule has 1 amide bonds. The molecule has 1 aromatic heterocycles. The monoisotopic (exact) mass is 435 g/mol. The van der Waals surface area contributed by atoms with Crippen molar-refractivity contribution in [2.45, 2.75) is 18.9 Å². The highest BCUT2D eigenvalue weighted by Gasteiger charge is 2.26. The molecule has 1 unspecified atom stereocenters. The molecule has 166 valence electrons. The SMILES string of the molecule is COc1ccccc1C(CNC(=O)c1cnn(-c2ccc([N+](=O)[O-])cc2)c1)N1CCCC1. The molecule has 9 heteroatoms. The van der Waals surface area contributed by atoms with Gasteiger partial charge >= 0.3 is 0 Å². The molecule has 0 bridgehead atoms. The van der Waals surface area contributed by atoms with Gasteiger partial charge in [0.05, 0.1) is 35.5 Å². The van der Waals surface area contributed by atoms with E-state index in [0.29, 0.717) is 17.8 Å². The van der Waals surface area contributed by atoms with Crippen molar-refractivity contribution in [3.63, 3.8) is 0 Å². The Hall–Kier alpha value is -3.72. The number of ether oxygens (including phenoxy) is 1. The molecule has 0 saturated carbocycles. The predicted octanol–water partition coefficient (Wildman–Crippen LogP) is 3.36. The van der Waals surface area contributed by atoms with Crippen molar-refractivity contribution >= 4 is 11.6 Å². The van der Waals surface area contributed by atoms with Crippen molar-refractivity contribution in [1.29, 1.82) is 0 Å². The van der Waals surface area contributed by atoms with E-state index < -0.39 is 4.92 Å². The maximum absolute atomic E-state index is 12.8. The summed E-state index contributed by atoms with van der Waals surface area (Å²) in [5, 5.41) is 18.1. The van der Waals surface area contributed by atoms with E-state index in [2.05, 4.69) is 15.3 Å². The number of methoxy groups -OCH3 is 1. The van der Waals surface area contributed by atoms with Crippen molar-refractivity contribution in [2.24, 2.45) is 0 Å². The summed E-state index contributed by atoms with van der Waals surface area (Å²) in [7, 11) is 1.66. The third-order valence-electron chi connectivity index (χ3n) is 5.71. The lowest BCUT2D eigenvalue weighted by Gasteiger charge is -2.29. The zero-order valence-corrected chi connectivity index (χ0v) is 17.8. The van der Waals surface area contributed by atoms with E-state index in [9.17, 15) is 14.9 Å². The van der Waals surface area contributed by atoms with E-state index in [1.54, 1.807) is 25.4 Å². The second-order valence-electron chi connectivity index (χ2n) is 7.66. The summed E-state index contributed by atoms with van der Waals surface area (Å²) < 4.78 is 7.08. The Morgan fingerprint density at radius 3 is 2.59 bits per heavy atom. The molecule has 3 aromatic rings. The minimum atomic E-state index is -0.454. The molecule has 1 fully saturated rings. The van der Waals surface area contributed by atoms with Gasteiger partial charge in [0.1, 0.15) is 5.75 Å². The Balaban J connectivity index is 1.47. The Kier molecular flexibility index (Phi) is 6.46. The van der Waals surface area contributed by atoms with Crippen LogP contribution >= 0.6 is 0 Å². The summed E-state index contributed by atoms with van der Waals surface area (Å²) in [6.45, 7) is 2.41. The number of nitrogens with one attached hydrogen (secondary N) is 1. The van der Waals surface area contributed by atoms with Gasteiger partial charge < -0.3 is 10.1 Å². The van der Waals surface area contributed by atoms with Crippen molar-refractivity contribution < 1.29 is 14.5 Å². The highest BCUT2D eigenvalue weighted by molar-refractivity contribution is 5.93. The zero-order valence-electron chi connectivity index (χ0n) is 17.8. The number of hydrogen-bond donors (Lipinski definition) is 1. The molecule has 1 aliphatic heterocycles. The number of para-hydroxylation sites is 1. The summed E-state index contributed by atoms with van der Waals surface area (Å²) in [5.41, 5.74) is 2.11. The first-order chi connectivity index (χ1) is 15.6. The molecule has 9 nitrogen and oxygen atoms in total. The lowest BCUT2D eigenvalue weighted by molar-refractivity contribution is -0.384. The summed E-state index contributed by atoms with van der Waals surface area (Å²) in [4.78, 5) is 25.6. The maximum atomic E-state index is 12.8. The van der Waals surface area contributed by atoms with Crippen LogP contribution in [0.3, 0.4) is 0 Å². The highest BCUT2D eigenvalue weighted by atomic mass is 16.6. The molecule has 2 aromatic carbocycles. The van der Waals surface area contributed by atoms with Gasteiger partial charge in [-0.05, 0) is 44.1 Å². The van der Waals surface area contributed by atoms with Gasteiger partial charge in [0, 0.05) is 30.4 Å². The van der Waals surface area contributed by atoms with Gasteiger partial charge in [-0.1, -0.05) is 18.2 Å². The number of amides is 1. The van der Waals surface area contributed by atoms with Crippen LogP contribution in [0.2, 0.25) is 0 Å². The predicted molar refractivity (Wildman–Crippen MR) is 119 cm³/mol. The Labute approximate surface area is 185 Å². The number of likely N-dealkylation sites (tertiary alicyclic amines) is 1. The van der Waals surface area contributed by atoms with E-state index in [4.69, 9.17) is 4.74 Å². The average molecular weight is 435 g/mol. The summed E-state index contributed by atoms with van der Waals surface area (Å²) in [5.74, 6) is 0.585. The lowest BCUT2D eigenvalue weighted by atomic mass is 10.0. The largest absolute Gasteiger partial charge is 0.496 e. The fourth-order valence-electron chi connectivity index (χ4n) is 4.03. The van der Waals surface area contributed by atoms with Crippen LogP contribution in [0, 0.1) is 10.1 Å². The quantitative estimate of drug-likeness (QED) is 0.430.